The van der Waals surface area contributed by atoms with Crippen molar-refractivity contribution >= 4 is 5.82 Å². The highest BCUT2D eigenvalue weighted by atomic mass is 16.5. The Morgan fingerprint density at radius 3 is 2.83 bits per heavy atom. The summed E-state index contributed by atoms with van der Waals surface area (Å²) in [6, 6.07) is 2.55. The molecule has 0 unspecified atom stereocenters. The average molecular weight is 247 g/mol. The molecule has 2 heterocycles. The predicted molar refractivity (Wildman–Crippen MR) is 68.5 cm³/mol. The highest BCUT2D eigenvalue weighted by Crippen LogP contribution is 2.18. The number of methoxy groups -OCH3 is 1. The molecule has 1 N–H and O–H groups in total. The Bertz CT molecular complexity index is 483. The molecule has 0 saturated carbocycles. The summed E-state index contributed by atoms with van der Waals surface area (Å²) in [5.41, 5.74) is 0.973. The molecule has 6 nitrogen and oxygen atoms in total. The first-order chi connectivity index (χ1) is 8.70. The number of aromatic nitrogens is 4. The molecule has 0 spiro atoms. The van der Waals surface area contributed by atoms with Crippen LogP contribution >= 0.6 is 0 Å². The minimum absolute atomic E-state index is 0.307. The predicted octanol–water partition coefficient (Wildman–Crippen LogP) is 1.62. The van der Waals surface area contributed by atoms with E-state index in [1.54, 1.807) is 19.6 Å². The number of anilines is 1. The maximum atomic E-state index is 5.05. The minimum atomic E-state index is 0.307. The van der Waals surface area contributed by atoms with E-state index in [2.05, 4.69) is 38.7 Å². The fraction of sp³-hybridized carbons (Fsp3) is 0.417. The lowest BCUT2D eigenvalue weighted by Crippen LogP contribution is -2.31. The standard InChI is InChI=1S/C12H17N5O/c1-9(2)17(7-10-6-13-8-15-10)11-4-5-14-12(16-11)18-3/h4-6,8-9H,7H2,1-3H3,(H,13,15). The first-order valence-corrected chi connectivity index (χ1v) is 5.82. The summed E-state index contributed by atoms with van der Waals surface area (Å²) < 4.78 is 5.05. The summed E-state index contributed by atoms with van der Waals surface area (Å²) in [5, 5.41) is 0. The minimum Gasteiger partial charge on any atom is -0.467 e. The van der Waals surface area contributed by atoms with Crippen LogP contribution in [0.25, 0.3) is 0 Å². The molecule has 0 bridgehead atoms. The molecule has 2 aromatic heterocycles. The van der Waals surface area contributed by atoms with Crippen LogP contribution in [0.3, 0.4) is 0 Å². The van der Waals surface area contributed by atoms with Gasteiger partial charge in [0.25, 0.3) is 0 Å². The Morgan fingerprint density at radius 1 is 1.39 bits per heavy atom. The molecular weight excluding hydrogens is 230 g/mol. The molecule has 6 heteroatoms. The van der Waals surface area contributed by atoms with Crippen molar-refractivity contribution in [1.82, 2.24) is 19.9 Å². The van der Waals surface area contributed by atoms with Crippen LogP contribution in [-0.4, -0.2) is 33.1 Å². The second-order valence-corrected chi connectivity index (χ2v) is 4.18. The fourth-order valence-electron chi connectivity index (χ4n) is 1.67. The number of imidazole rings is 1. The van der Waals surface area contributed by atoms with E-state index in [4.69, 9.17) is 4.74 Å². The zero-order valence-electron chi connectivity index (χ0n) is 10.8. The molecule has 2 rings (SSSR count). The van der Waals surface area contributed by atoms with Crippen molar-refractivity contribution in [2.75, 3.05) is 12.0 Å². The van der Waals surface area contributed by atoms with E-state index < -0.39 is 0 Å². The Balaban J connectivity index is 2.23. The number of ether oxygens (including phenoxy) is 1. The van der Waals surface area contributed by atoms with Crippen LogP contribution in [0.1, 0.15) is 19.5 Å². The van der Waals surface area contributed by atoms with Gasteiger partial charge < -0.3 is 14.6 Å². The molecule has 0 aliphatic heterocycles. The van der Waals surface area contributed by atoms with Gasteiger partial charge >= 0.3 is 6.01 Å². The van der Waals surface area contributed by atoms with Gasteiger partial charge in [-0.25, -0.2) is 9.97 Å². The lowest BCUT2D eigenvalue weighted by Gasteiger charge is -2.26. The van der Waals surface area contributed by atoms with E-state index in [0.717, 1.165) is 11.5 Å². The lowest BCUT2D eigenvalue weighted by molar-refractivity contribution is 0.379. The van der Waals surface area contributed by atoms with Crippen LogP contribution in [0.2, 0.25) is 0 Å². The van der Waals surface area contributed by atoms with Crippen molar-refractivity contribution < 1.29 is 4.74 Å². The first-order valence-electron chi connectivity index (χ1n) is 5.82. The van der Waals surface area contributed by atoms with Gasteiger partial charge in [-0.1, -0.05) is 0 Å². The second kappa shape index (κ2) is 5.48. The van der Waals surface area contributed by atoms with Crippen LogP contribution in [0.15, 0.2) is 24.8 Å². The van der Waals surface area contributed by atoms with E-state index in [0.29, 0.717) is 18.6 Å². The third-order valence-electron chi connectivity index (χ3n) is 2.61. The fourth-order valence-corrected chi connectivity index (χ4v) is 1.67. The van der Waals surface area contributed by atoms with E-state index in [9.17, 15) is 0 Å². The van der Waals surface area contributed by atoms with E-state index in [1.807, 2.05) is 12.3 Å². The zero-order valence-corrected chi connectivity index (χ0v) is 10.8. The number of nitrogens with zero attached hydrogens (tertiary/aromatic N) is 4. The number of aromatic amines is 1. The average Bonchev–Trinajstić information content (AvgIpc) is 2.88. The van der Waals surface area contributed by atoms with Gasteiger partial charge in [-0.3, -0.25) is 0 Å². The number of H-pyrrole nitrogens is 1. The molecule has 0 radical (unpaired) electrons. The molecule has 0 atom stereocenters. The van der Waals surface area contributed by atoms with Gasteiger partial charge in [0.05, 0.1) is 25.7 Å². The SMILES string of the molecule is COc1nccc(N(Cc2c[nH]cn2)C(C)C)n1. The summed E-state index contributed by atoms with van der Waals surface area (Å²) in [7, 11) is 1.56. The third-order valence-corrected chi connectivity index (χ3v) is 2.61. The van der Waals surface area contributed by atoms with Crippen molar-refractivity contribution in [2.24, 2.45) is 0 Å². The summed E-state index contributed by atoms with van der Waals surface area (Å²) in [4.78, 5) is 17.7. The largest absolute Gasteiger partial charge is 0.467 e. The summed E-state index contributed by atoms with van der Waals surface area (Å²) >= 11 is 0. The van der Waals surface area contributed by atoms with Crippen molar-refractivity contribution in [1.29, 1.82) is 0 Å². The van der Waals surface area contributed by atoms with Crippen LogP contribution in [0.4, 0.5) is 5.82 Å². The molecule has 0 saturated heterocycles. The Morgan fingerprint density at radius 2 is 2.22 bits per heavy atom. The summed E-state index contributed by atoms with van der Waals surface area (Å²) in [6.45, 7) is 4.92. The molecule has 0 aliphatic rings. The van der Waals surface area contributed by atoms with E-state index in [-0.39, 0.29) is 0 Å². The quantitative estimate of drug-likeness (QED) is 0.869. The van der Waals surface area contributed by atoms with Gasteiger partial charge in [0, 0.05) is 18.4 Å². The molecule has 2 aromatic rings. The highest BCUT2D eigenvalue weighted by molar-refractivity contribution is 5.39. The smallest absolute Gasteiger partial charge is 0.318 e. The van der Waals surface area contributed by atoms with Crippen LogP contribution < -0.4 is 9.64 Å². The van der Waals surface area contributed by atoms with Crippen molar-refractivity contribution in [3.63, 3.8) is 0 Å². The molecule has 18 heavy (non-hydrogen) atoms. The van der Waals surface area contributed by atoms with Crippen LogP contribution in [0, 0.1) is 0 Å². The Hall–Kier alpha value is -2.11. The van der Waals surface area contributed by atoms with Gasteiger partial charge in [-0.15, -0.1) is 0 Å². The second-order valence-electron chi connectivity index (χ2n) is 4.18. The van der Waals surface area contributed by atoms with Crippen molar-refractivity contribution in [3.05, 3.63) is 30.5 Å². The lowest BCUT2D eigenvalue weighted by atomic mass is 10.3. The van der Waals surface area contributed by atoms with Crippen molar-refractivity contribution in [3.8, 4) is 6.01 Å². The maximum Gasteiger partial charge on any atom is 0.318 e. The highest BCUT2D eigenvalue weighted by Gasteiger charge is 2.14. The molecule has 0 aromatic carbocycles. The topological polar surface area (TPSA) is 66.9 Å². The van der Waals surface area contributed by atoms with Crippen LogP contribution in [-0.2, 0) is 6.54 Å². The van der Waals surface area contributed by atoms with Gasteiger partial charge in [-0.05, 0) is 19.9 Å². The number of nitrogens with one attached hydrogen (secondary N) is 1. The number of rotatable bonds is 5. The molecule has 0 aliphatic carbocycles. The normalized spacial score (nSPS) is 10.7. The van der Waals surface area contributed by atoms with E-state index >= 15 is 0 Å². The molecule has 0 amide bonds. The summed E-state index contributed by atoms with van der Waals surface area (Å²) in [5.74, 6) is 0.833. The van der Waals surface area contributed by atoms with E-state index in [1.165, 1.54) is 0 Å². The molecular formula is C12H17N5O. The number of hydrogen-bond acceptors (Lipinski definition) is 5. The monoisotopic (exact) mass is 247 g/mol. The summed E-state index contributed by atoms with van der Waals surface area (Å²) in [6.07, 6.45) is 5.25. The van der Waals surface area contributed by atoms with Gasteiger partial charge in [-0.2, -0.15) is 4.98 Å². The Labute approximate surface area is 106 Å². The van der Waals surface area contributed by atoms with Crippen molar-refractivity contribution in [2.45, 2.75) is 26.4 Å². The maximum absolute atomic E-state index is 5.05. The Kier molecular flexibility index (Phi) is 3.76. The first kappa shape index (κ1) is 12.3. The number of hydrogen-bond donors (Lipinski definition) is 1. The van der Waals surface area contributed by atoms with Crippen LogP contribution in [0.5, 0.6) is 6.01 Å². The third kappa shape index (κ3) is 2.77. The van der Waals surface area contributed by atoms with Gasteiger partial charge in [0.15, 0.2) is 0 Å². The van der Waals surface area contributed by atoms with Gasteiger partial charge in [0.1, 0.15) is 5.82 Å². The van der Waals surface area contributed by atoms with Gasteiger partial charge in [0.2, 0.25) is 0 Å². The molecule has 96 valence electrons. The zero-order chi connectivity index (χ0) is 13.0. The molecule has 0 fully saturated rings.